The minimum absolute atomic E-state index is 0.0311. The molecule has 3 nitrogen and oxygen atoms in total. The number of hydrogen-bond donors (Lipinski definition) is 0. The molecule has 1 aromatic rings. The summed E-state index contributed by atoms with van der Waals surface area (Å²) in [6.45, 7) is 6.49. The molecule has 19 heavy (non-hydrogen) atoms. The molecule has 1 aromatic carbocycles. The first kappa shape index (κ1) is 13.7. The molecule has 0 aromatic heterocycles. The molecular formula is C16H21NO2. The van der Waals surface area contributed by atoms with Gasteiger partial charge in [-0.1, -0.05) is 37.3 Å². The molecule has 1 aliphatic rings. The van der Waals surface area contributed by atoms with E-state index in [-0.39, 0.29) is 11.4 Å². The predicted molar refractivity (Wildman–Crippen MR) is 75.3 cm³/mol. The largest absolute Gasteiger partial charge is 0.477 e. The van der Waals surface area contributed by atoms with E-state index in [1.54, 1.807) is 11.0 Å². The van der Waals surface area contributed by atoms with Gasteiger partial charge in [-0.25, -0.2) is 0 Å². The third-order valence-electron chi connectivity index (χ3n) is 3.58. The molecular weight excluding hydrogens is 238 g/mol. The molecule has 2 rings (SSSR count). The highest BCUT2D eigenvalue weighted by molar-refractivity contribution is 5.89. The highest BCUT2D eigenvalue weighted by Crippen LogP contribution is 2.30. The first-order chi connectivity index (χ1) is 9.05. The van der Waals surface area contributed by atoms with Crippen LogP contribution in [0.1, 0.15) is 39.2 Å². The predicted octanol–water partition coefficient (Wildman–Crippen LogP) is 3.42. The van der Waals surface area contributed by atoms with Gasteiger partial charge in [0.2, 0.25) is 0 Å². The molecule has 1 amide bonds. The Morgan fingerprint density at radius 3 is 2.53 bits per heavy atom. The summed E-state index contributed by atoms with van der Waals surface area (Å²) in [4.78, 5) is 14.0. The molecule has 0 atom stereocenters. The molecule has 0 saturated heterocycles. The maximum absolute atomic E-state index is 12.3. The monoisotopic (exact) mass is 259 g/mol. The summed E-state index contributed by atoms with van der Waals surface area (Å²) in [6, 6.07) is 10.0. The Hall–Kier alpha value is -1.77. The van der Waals surface area contributed by atoms with Crippen molar-refractivity contribution < 1.29 is 9.53 Å². The van der Waals surface area contributed by atoms with Crippen LogP contribution in [0.5, 0.6) is 0 Å². The van der Waals surface area contributed by atoms with Gasteiger partial charge in [-0.3, -0.25) is 9.69 Å². The second-order valence-electron chi connectivity index (χ2n) is 5.33. The Morgan fingerprint density at radius 1 is 1.26 bits per heavy atom. The van der Waals surface area contributed by atoms with Crippen molar-refractivity contribution in [3.8, 4) is 0 Å². The van der Waals surface area contributed by atoms with Crippen molar-refractivity contribution in [2.75, 3.05) is 6.73 Å². The quantitative estimate of drug-likeness (QED) is 0.829. The Labute approximate surface area is 114 Å². The van der Waals surface area contributed by atoms with E-state index in [1.165, 1.54) is 0 Å². The number of ether oxygens (including phenoxy) is 1. The molecule has 3 heteroatoms. The van der Waals surface area contributed by atoms with Crippen molar-refractivity contribution in [1.82, 2.24) is 4.90 Å². The number of benzene rings is 1. The number of allylic oxidation sites excluding steroid dienone is 1. The topological polar surface area (TPSA) is 29.5 Å². The van der Waals surface area contributed by atoms with Crippen LogP contribution in [0.15, 0.2) is 42.2 Å². The SMILES string of the molecule is CCCC1=CC(=O)N(C(C)(C)c2ccccc2)CO1. The van der Waals surface area contributed by atoms with Gasteiger partial charge in [-0.05, 0) is 25.8 Å². The van der Waals surface area contributed by atoms with Gasteiger partial charge < -0.3 is 4.74 Å². The fraction of sp³-hybridized carbons (Fsp3) is 0.438. The van der Waals surface area contributed by atoms with Crippen LogP contribution < -0.4 is 0 Å². The third kappa shape index (κ3) is 2.80. The summed E-state index contributed by atoms with van der Waals surface area (Å²) >= 11 is 0. The van der Waals surface area contributed by atoms with Gasteiger partial charge in [0, 0.05) is 12.5 Å². The fourth-order valence-electron chi connectivity index (χ4n) is 2.30. The first-order valence-corrected chi connectivity index (χ1v) is 6.76. The number of rotatable bonds is 4. The van der Waals surface area contributed by atoms with Crippen molar-refractivity contribution in [2.45, 2.75) is 39.2 Å². The average Bonchev–Trinajstić information content (AvgIpc) is 2.40. The van der Waals surface area contributed by atoms with E-state index in [4.69, 9.17) is 4.74 Å². The van der Waals surface area contributed by atoms with E-state index in [0.717, 1.165) is 24.2 Å². The van der Waals surface area contributed by atoms with Gasteiger partial charge in [0.15, 0.2) is 6.73 Å². The number of carbonyl (C=O) groups excluding carboxylic acids is 1. The second-order valence-corrected chi connectivity index (χ2v) is 5.33. The molecule has 0 spiro atoms. The van der Waals surface area contributed by atoms with E-state index < -0.39 is 0 Å². The van der Waals surface area contributed by atoms with Gasteiger partial charge in [-0.15, -0.1) is 0 Å². The zero-order valence-corrected chi connectivity index (χ0v) is 11.8. The summed E-state index contributed by atoms with van der Waals surface area (Å²) in [5, 5.41) is 0. The molecule has 0 aliphatic carbocycles. The van der Waals surface area contributed by atoms with Gasteiger partial charge in [0.25, 0.3) is 5.91 Å². The Morgan fingerprint density at radius 2 is 1.95 bits per heavy atom. The number of nitrogens with zero attached hydrogens (tertiary/aromatic N) is 1. The van der Waals surface area contributed by atoms with Crippen LogP contribution in [0, 0.1) is 0 Å². The molecule has 1 heterocycles. The lowest BCUT2D eigenvalue weighted by molar-refractivity contribution is -0.141. The van der Waals surface area contributed by atoms with Crippen LogP contribution in [-0.2, 0) is 15.1 Å². The van der Waals surface area contributed by atoms with E-state index >= 15 is 0 Å². The first-order valence-electron chi connectivity index (χ1n) is 6.76. The second kappa shape index (κ2) is 5.47. The summed E-state index contributed by atoms with van der Waals surface area (Å²) in [5.41, 5.74) is 0.742. The third-order valence-corrected chi connectivity index (χ3v) is 3.58. The highest BCUT2D eigenvalue weighted by atomic mass is 16.5. The fourth-order valence-corrected chi connectivity index (χ4v) is 2.30. The number of amides is 1. The van der Waals surface area contributed by atoms with Gasteiger partial charge >= 0.3 is 0 Å². The normalized spacial score (nSPS) is 16.1. The minimum Gasteiger partial charge on any atom is -0.477 e. The van der Waals surface area contributed by atoms with Crippen LogP contribution in [0.25, 0.3) is 0 Å². The van der Waals surface area contributed by atoms with Crippen LogP contribution >= 0.6 is 0 Å². The minimum atomic E-state index is -0.368. The Balaban J connectivity index is 2.21. The van der Waals surface area contributed by atoms with E-state index in [1.807, 2.05) is 44.2 Å². The van der Waals surface area contributed by atoms with Crippen molar-refractivity contribution in [3.63, 3.8) is 0 Å². The summed E-state index contributed by atoms with van der Waals surface area (Å²) in [7, 11) is 0. The van der Waals surface area contributed by atoms with Gasteiger partial charge in [0.1, 0.15) is 5.76 Å². The zero-order chi connectivity index (χ0) is 13.9. The van der Waals surface area contributed by atoms with Crippen LogP contribution in [-0.4, -0.2) is 17.5 Å². The molecule has 0 unspecified atom stereocenters. The molecule has 0 fully saturated rings. The summed E-state index contributed by atoms with van der Waals surface area (Å²) < 4.78 is 5.68. The van der Waals surface area contributed by atoms with Crippen molar-refractivity contribution in [1.29, 1.82) is 0 Å². The lowest BCUT2D eigenvalue weighted by Gasteiger charge is -2.40. The van der Waals surface area contributed by atoms with Crippen LogP contribution in [0.3, 0.4) is 0 Å². The summed E-state index contributed by atoms with van der Waals surface area (Å²) in [5.74, 6) is 0.830. The summed E-state index contributed by atoms with van der Waals surface area (Å²) in [6.07, 6.45) is 3.43. The lowest BCUT2D eigenvalue weighted by Crippen LogP contribution is -2.47. The van der Waals surface area contributed by atoms with E-state index in [0.29, 0.717) is 6.73 Å². The standard InChI is InChI=1S/C16H21NO2/c1-4-8-14-11-15(18)17(12-19-14)16(2,3)13-9-6-5-7-10-13/h5-7,9-11H,4,8,12H2,1-3H3. The van der Waals surface area contributed by atoms with Crippen molar-refractivity contribution >= 4 is 5.91 Å². The van der Waals surface area contributed by atoms with Crippen LogP contribution in [0.2, 0.25) is 0 Å². The number of hydrogen-bond acceptors (Lipinski definition) is 2. The maximum Gasteiger partial charge on any atom is 0.253 e. The van der Waals surface area contributed by atoms with Gasteiger partial charge in [-0.2, -0.15) is 0 Å². The molecule has 1 aliphatic heterocycles. The molecule has 0 N–H and O–H groups in total. The van der Waals surface area contributed by atoms with Gasteiger partial charge in [0.05, 0.1) is 5.54 Å². The average molecular weight is 259 g/mol. The van der Waals surface area contributed by atoms with Crippen molar-refractivity contribution in [2.24, 2.45) is 0 Å². The Kier molecular flexibility index (Phi) is 3.93. The smallest absolute Gasteiger partial charge is 0.253 e. The zero-order valence-electron chi connectivity index (χ0n) is 11.8. The lowest BCUT2D eigenvalue weighted by atomic mass is 9.92. The van der Waals surface area contributed by atoms with E-state index in [2.05, 4.69) is 6.92 Å². The number of carbonyl (C=O) groups is 1. The molecule has 102 valence electrons. The van der Waals surface area contributed by atoms with Crippen LogP contribution in [0.4, 0.5) is 0 Å². The molecule has 0 saturated carbocycles. The van der Waals surface area contributed by atoms with Crippen molar-refractivity contribution in [3.05, 3.63) is 47.7 Å². The maximum atomic E-state index is 12.3. The van der Waals surface area contributed by atoms with E-state index in [9.17, 15) is 4.79 Å². The Bertz CT molecular complexity index is 477. The highest BCUT2D eigenvalue weighted by Gasteiger charge is 2.34. The molecule has 0 radical (unpaired) electrons. The molecule has 0 bridgehead atoms.